The molecule has 1 fully saturated rings. The van der Waals surface area contributed by atoms with Gasteiger partial charge in [0.2, 0.25) is 11.8 Å². The first-order chi connectivity index (χ1) is 12.8. The summed E-state index contributed by atoms with van der Waals surface area (Å²) in [5.41, 5.74) is 2.63. The van der Waals surface area contributed by atoms with Crippen LogP contribution < -0.4 is 0 Å². The zero-order valence-corrected chi connectivity index (χ0v) is 14.4. The van der Waals surface area contributed by atoms with E-state index < -0.39 is 0 Å². The molecule has 1 atom stereocenters. The highest BCUT2D eigenvalue weighted by Gasteiger charge is 2.19. The average Bonchev–Trinajstić information content (AvgIpc) is 3.35. The molecule has 3 heterocycles. The Kier molecular flexibility index (Phi) is 4.75. The lowest BCUT2D eigenvalue weighted by atomic mass is 10.2. The molecule has 0 bridgehead atoms. The van der Waals surface area contributed by atoms with E-state index in [-0.39, 0.29) is 6.23 Å². The van der Waals surface area contributed by atoms with Crippen molar-refractivity contribution >= 4 is 18.2 Å². The monoisotopic (exact) mass is 348 g/mol. The van der Waals surface area contributed by atoms with Crippen molar-refractivity contribution in [2.45, 2.75) is 25.5 Å². The van der Waals surface area contributed by atoms with Gasteiger partial charge in [0.05, 0.1) is 11.4 Å². The third-order valence-electron chi connectivity index (χ3n) is 4.28. The number of aromatic nitrogens is 4. The van der Waals surface area contributed by atoms with Gasteiger partial charge in [0.15, 0.2) is 6.23 Å². The Balaban J connectivity index is 1.58. The van der Waals surface area contributed by atoms with Crippen LogP contribution in [0.4, 0.5) is 0 Å². The van der Waals surface area contributed by atoms with Gasteiger partial charge in [0.1, 0.15) is 0 Å². The van der Waals surface area contributed by atoms with Gasteiger partial charge in [-0.15, -0.1) is 10.2 Å². The van der Waals surface area contributed by atoms with E-state index >= 15 is 0 Å². The molecular weight excluding hydrogens is 328 g/mol. The van der Waals surface area contributed by atoms with Crippen molar-refractivity contribution in [2.24, 2.45) is 0 Å². The van der Waals surface area contributed by atoms with Crippen LogP contribution in [0.25, 0.3) is 29.7 Å². The minimum atomic E-state index is -0.0420. The molecule has 2 aromatic heterocycles. The molecule has 1 saturated heterocycles. The van der Waals surface area contributed by atoms with Crippen molar-refractivity contribution in [2.75, 3.05) is 6.61 Å². The summed E-state index contributed by atoms with van der Waals surface area (Å²) in [4.78, 5) is 0. The summed E-state index contributed by atoms with van der Waals surface area (Å²) in [5, 5.41) is 12.8. The predicted octanol–water partition coefficient (Wildman–Crippen LogP) is 4.45. The van der Waals surface area contributed by atoms with Crippen LogP contribution in [0.3, 0.4) is 0 Å². The first-order valence-electron chi connectivity index (χ1n) is 8.74. The summed E-state index contributed by atoms with van der Waals surface area (Å²) >= 11 is 0. The van der Waals surface area contributed by atoms with Crippen LogP contribution >= 0.6 is 0 Å². The molecule has 1 aromatic carbocycles. The minimum absolute atomic E-state index is 0.0420. The fourth-order valence-corrected chi connectivity index (χ4v) is 2.96. The summed E-state index contributed by atoms with van der Waals surface area (Å²) in [6.07, 6.45) is 8.60. The second-order valence-electron chi connectivity index (χ2n) is 6.11. The van der Waals surface area contributed by atoms with E-state index in [4.69, 9.17) is 9.15 Å². The molecule has 6 heteroatoms. The van der Waals surface area contributed by atoms with E-state index in [0.717, 1.165) is 42.8 Å². The second kappa shape index (κ2) is 7.49. The standard InChI is InChI=1S/C20H20N4O2/c1-2-16-14-17(24(23-16)19-10-6-7-13-25-19)11-12-18-21-22-20(26-18)15-8-4-3-5-9-15/h2-5,8-9,11-12,14,19H,1,6-7,10,13H2/b12-11+. The summed E-state index contributed by atoms with van der Waals surface area (Å²) < 4.78 is 13.5. The summed E-state index contributed by atoms with van der Waals surface area (Å²) in [6.45, 7) is 4.57. The lowest BCUT2D eigenvalue weighted by molar-refractivity contribution is -0.0398. The molecule has 0 aliphatic carbocycles. The Labute approximate surface area is 151 Å². The molecule has 0 spiro atoms. The molecule has 26 heavy (non-hydrogen) atoms. The maximum absolute atomic E-state index is 5.86. The largest absolute Gasteiger partial charge is 0.417 e. The predicted molar refractivity (Wildman–Crippen MR) is 99.8 cm³/mol. The first kappa shape index (κ1) is 16.5. The van der Waals surface area contributed by atoms with Crippen molar-refractivity contribution in [1.29, 1.82) is 0 Å². The number of nitrogens with zero attached hydrogens (tertiary/aromatic N) is 4. The summed E-state index contributed by atoms with van der Waals surface area (Å²) in [5.74, 6) is 0.947. The fraction of sp³-hybridized carbons (Fsp3) is 0.250. The SMILES string of the molecule is C=Cc1cc(/C=C/c2nnc(-c3ccccc3)o2)n(C2CCCCO2)n1. The number of hydrogen-bond donors (Lipinski definition) is 0. The number of hydrogen-bond acceptors (Lipinski definition) is 5. The molecule has 1 aliphatic rings. The number of ether oxygens (including phenoxy) is 1. The van der Waals surface area contributed by atoms with Crippen LogP contribution in [0, 0.1) is 0 Å². The second-order valence-corrected chi connectivity index (χ2v) is 6.11. The van der Waals surface area contributed by atoms with Gasteiger partial charge in [-0.05, 0) is 49.6 Å². The summed E-state index contributed by atoms with van der Waals surface area (Å²) in [6, 6.07) is 11.7. The van der Waals surface area contributed by atoms with Gasteiger partial charge < -0.3 is 9.15 Å². The number of benzene rings is 1. The highest BCUT2D eigenvalue weighted by atomic mass is 16.5. The Morgan fingerprint density at radius 2 is 2.00 bits per heavy atom. The van der Waals surface area contributed by atoms with Gasteiger partial charge in [-0.1, -0.05) is 24.8 Å². The van der Waals surface area contributed by atoms with Gasteiger partial charge in [-0.25, -0.2) is 4.68 Å². The smallest absolute Gasteiger partial charge is 0.248 e. The van der Waals surface area contributed by atoms with E-state index in [1.165, 1.54) is 0 Å². The zero-order valence-electron chi connectivity index (χ0n) is 14.4. The Bertz CT molecular complexity index is 905. The minimum Gasteiger partial charge on any atom is -0.417 e. The van der Waals surface area contributed by atoms with Gasteiger partial charge >= 0.3 is 0 Å². The molecule has 6 nitrogen and oxygen atoms in total. The van der Waals surface area contributed by atoms with E-state index in [1.807, 2.05) is 47.2 Å². The summed E-state index contributed by atoms with van der Waals surface area (Å²) in [7, 11) is 0. The van der Waals surface area contributed by atoms with Crippen molar-refractivity contribution < 1.29 is 9.15 Å². The van der Waals surface area contributed by atoms with E-state index in [2.05, 4.69) is 21.9 Å². The highest BCUT2D eigenvalue weighted by molar-refractivity contribution is 5.66. The fourth-order valence-electron chi connectivity index (χ4n) is 2.96. The lowest BCUT2D eigenvalue weighted by Crippen LogP contribution is -2.20. The van der Waals surface area contributed by atoms with Gasteiger partial charge in [-0.2, -0.15) is 5.10 Å². The lowest BCUT2D eigenvalue weighted by Gasteiger charge is -2.23. The third-order valence-corrected chi connectivity index (χ3v) is 4.28. The topological polar surface area (TPSA) is 66.0 Å². The van der Waals surface area contributed by atoms with Crippen LogP contribution in [0.2, 0.25) is 0 Å². The van der Waals surface area contributed by atoms with Crippen LogP contribution in [-0.2, 0) is 4.74 Å². The molecular formula is C20H20N4O2. The Morgan fingerprint density at radius 3 is 2.77 bits per heavy atom. The van der Waals surface area contributed by atoms with Crippen molar-refractivity contribution in [1.82, 2.24) is 20.0 Å². The van der Waals surface area contributed by atoms with Crippen LogP contribution in [0.15, 0.2) is 47.4 Å². The Hall–Kier alpha value is -2.99. The Morgan fingerprint density at radius 1 is 1.12 bits per heavy atom. The quantitative estimate of drug-likeness (QED) is 0.682. The maximum atomic E-state index is 5.86. The molecule has 0 radical (unpaired) electrons. The number of rotatable bonds is 5. The molecule has 0 amide bonds. The van der Waals surface area contributed by atoms with Crippen LogP contribution in [0.5, 0.6) is 0 Å². The van der Waals surface area contributed by atoms with Gasteiger partial charge in [0, 0.05) is 18.2 Å². The van der Waals surface area contributed by atoms with Crippen molar-refractivity contribution in [3.63, 3.8) is 0 Å². The normalized spacial score (nSPS) is 17.6. The van der Waals surface area contributed by atoms with E-state index in [0.29, 0.717) is 11.8 Å². The van der Waals surface area contributed by atoms with Gasteiger partial charge in [0.25, 0.3) is 0 Å². The highest BCUT2D eigenvalue weighted by Crippen LogP contribution is 2.25. The van der Waals surface area contributed by atoms with E-state index in [9.17, 15) is 0 Å². The first-order valence-corrected chi connectivity index (χ1v) is 8.74. The van der Waals surface area contributed by atoms with Crippen molar-refractivity contribution in [3.8, 4) is 11.5 Å². The maximum Gasteiger partial charge on any atom is 0.248 e. The molecule has 0 saturated carbocycles. The van der Waals surface area contributed by atoms with Crippen molar-refractivity contribution in [3.05, 3.63) is 60.3 Å². The van der Waals surface area contributed by atoms with Gasteiger partial charge in [-0.3, -0.25) is 0 Å². The van der Waals surface area contributed by atoms with Crippen LogP contribution in [-0.4, -0.2) is 26.6 Å². The third kappa shape index (κ3) is 3.50. The average molecular weight is 348 g/mol. The zero-order chi connectivity index (χ0) is 17.8. The molecule has 1 aliphatic heterocycles. The molecule has 4 rings (SSSR count). The molecule has 132 valence electrons. The molecule has 1 unspecified atom stereocenters. The molecule has 0 N–H and O–H groups in total. The molecule has 3 aromatic rings. The van der Waals surface area contributed by atoms with Crippen LogP contribution in [0.1, 0.15) is 42.8 Å². The van der Waals surface area contributed by atoms with E-state index in [1.54, 1.807) is 12.2 Å².